The third kappa shape index (κ3) is 13.7. The van der Waals surface area contributed by atoms with Crippen LogP contribution in [0.2, 0.25) is 40.4 Å². The van der Waals surface area contributed by atoms with E-state index in [0.29, 0.717) is 81.1 Å². The molecule has 2 aromatic heterocycles. The van der Waals surface area contributed by atoms with Crippen LogP contribution >= 0.6 is 109 Å². The van der Waals surface area contributed by atoms with E-state index in [4.69, 9.17) is 103 Å². The van der Waals surface area contributed by atoms with E-state index in [1.165, 1.54) is 24.3 Å². The van der Waals surface area contributed by atoms with Crippen molar-refractivity contribution in [1.29, 1.82) is 0 Å². The lowest BCUT2D eigenvalue weighted by atomic mass is 9.80. The summed E-state index contributed by atoms with van der Waals surface area (Å²) < 4.78 is 50.0. The van der Waals surface area contributed by atoms with Crippen LogP contribution in [-0.2, 0) is 30.9 Å². The Morgan fingerprint density at radius 2 is 0.878 bits per heavy atom. The minimum atomic E-state index is -3.36. The highest BCUT2D eigenvalue weighted by Crippen LogP contribution is 2.44. The molecule has 8 aromatic rings. The largest absolute Gasteiger partial charge is 0.488 e. The third-order valence-corrected chi connectivity index (χ3v) is 15.9. The first-order chi connectivity index (χ1) is 34.3. The van der Waals surface area contributed by atoms with E-state index in [-0.39, 0.29) is 31.3 Å². The van der Waals surface area contributed by atoms with E-state index >= 15 is 0 Å². The van der Waals surface area contributed by atoms with Crippen LogP contribution in [0.3, 0.4) is 0 Å². The highest BCUT2D eigenvalue weighted by molar-refractivity contribution is 9.10. The summed E-state index contributed by atoms with van der Waals surface area (Å²) in [7, 11) is -8.28. The van der Waals surface area contributed by atoms with E-state index in [0.717, 1.165) is 17.0 Å². The Morgan fingerprint density at radius 1 is 0.500 bits per heavy atom. The van der Waals surface area contributed by atoms with Crippen molar-refractivity contribution in [3.05, 3.63) is 178 Å². The van der Waals surface area contributed by atoms with E-state index in [1.54, 1.807) is 128 Å². The van der Waals surface area contributed by atoms with Gasteiger partial charge in [-0.1, -0.05) is 151 Å². The summed E-state index contributed by atoms with van der Waals surface area (Å²) in [5.41, 5.74) is 1.49. The van der Waals surface area contributed by atoms with Crippen LogP contribution in [0, 0.1) is 0 Å². The van der Waals surface area contributed by atoms with Gasteiger partial charge in [0.15, 0.2) is 19.7 Å². The Hall–Kier alpha value is -3.66. The molecule has 0 saturated carbocycles. The van der Waals surface area contributed by atoms with Crippen molar-refractivity contribution in [3.8, 4) is 45.3 Å². The van der Waals surface area contributed by atoms with Crippen LogP contribution < -0.4 is 5.46 Å². The van der Waals surface area contributed by atoms with Gasteiger partial charge in [0.25, 0.3) is 0 Å². The molecule has 4 N–H and O–H groups in total. The number of nitrogens with zero attached hydrogens (tertiary/aromatic N) is 4. The summed E-state index contributed by atoms with van der Waals surface area (Å²) in [4.78, 5) is 9.47. The minimum Gasteiger partial charge on any atom is -0.423 e. The Balaban J connectivity index is 0.000000200. The topological polar surface area (TPSA) is 185 Å². The van der Waals surface area contributed by atoms with Crippen LogP contribution in [0.15, 0.2) is 136 Å². The van der Waals surface area contributed by atoms with Crippen molar-refractivity contribution in [2.75, 3.05) is 12.5 Å². The van der Waals surface area contributed by atoms with Crippen LogP contribution in [-0.4, -0.2) is 75.8 Å². The molecule has 0 amide bonds. The molecule has 0 aliphatic heterocycles. The quantitative estimate of drug-likeness (QED) is 0.0961. The molecule has 388 valence electrons. The van der Waals surface area contributed by atoms with Gasteiger partial charge >= 0.3 is 7.12 Å². The summed E-state index contributed by atoms with van der Waals surface area (Å²) in [5.74, 6) is 0.767. The molecule has 6 aromatic carbocycles. The van der Waals surface area contributed by atoms with Gasteiger partial charge in [0.05, 0.1) is 51.3 Å². The second-order valence-electron chi connectivity index (χ2n) is 17.4. The second-order valence-corrected chi connectivity index (χ2v) is 25.5. The maximum absolute atomic E-state index is 12.0. The molecule has 0 spiro atoms. The van der Waals surface area contributed by atoms with Crippen LogP contribution in [0.5, 0.6) is 0 Å². The SMILES string of the molecule is CC(C)(O)c1nc(-c2ccc(-c3cccc(S(C)(=O)=O)c3)cc2Cl)n(-c2c(Cl)cccc2Cl)c1Cl.CC(C)(O)c1nc(-c2ccc(Br)cc2Cl)n(-c2c(Cl)cccc2Cl)c1Cl.CS(=O)(=O)c1cccc(B(O)O)c1. The monoisotopic (exact) mass is 1260 g/mol. The lowest BCUT2D eigenvalue weighted by molar-refractivity contribution is 0.0739. The van der Waals surface area contributed by atoms with Gasteiger partial charge in [-0.25, -0.2) is 26.8 Å². The number of sulfone groups is 2. The first kappa shape index (κ1) is 59.6. The fourth-order valence-electron chi connectivity index (χ4n) is 7.11. The summed E-state index contributed by atoms with van der Waals surface area (Å²) in [6.07, 6.45) is 2.22. The fourth-order valence-corrected chi connectivity index (χ4v) is 11.5. The Kier molecular flexibility index (Phi) is 18.9. The number of para-hydroxylation sites is 2. The average molecular weight is 1270 g/mol. The van der Waals surface area contributed by atoms with Gasteiger partial charge in [-0.05, 0) is 123 Å². The maximum atomic E-state index is 12.0. The van der Waals surface area contributed by atoms with Gasteiger partial charge in [0.2, 0.25) is 0 Å². The molecule has 0 radical (unpaired) electrons. The molecule has 0 saturated heterocycles. The van der Waals surface area contributed by atoms with Crippen molar-refractivity contribution >= 4 is 141 Å². The third-order valence-electron chi connectivity index (χ3n) is 10.7. The zero-order valence-electron chi connectivity index (χ0n) is 39.6. The Morgan fingerprint density at radius 3 is 1.27 bits per heavy atom. The van der Waals surface area contributed by atoms with E-state index < -0.39 is 38.0 Å². The zero-order chi connectivity index (χ0) is 55.0. The molecule has 0 bridgehead atoms. The standard InChI is InChI=1S/C25H20Cl4N2O3S.C18H13BrCl4N2O.C7H9BO4S/c1-25(2,32)22-23(29)31(21-18(26)8-5-9-19(21)27)24(30-22)17-11-10-15(13-20(17)28)14-6-4-7-16(12-14)35(3,33)34;1-18(2,26)15-16(23)25(14-11(20)4-3-5-12(14)21)17(24-15)10-7-6-9(19)8-13(10)22;1-13(11,12)7-4-2-3-6(5-7)8(9)10/h4-13,32H,1-3H3;3-8,26H,1-2H3;2-5,9-10H,1H3. The number of rotatable bonds is 10. The molecule has 0 aliphatic rings. The molecule has 8 rings (SSSR count). The number of hydrogen-bond acceptors (Lipinski definition) is 10. The lowest BCUT2D eigenvalue weighted by Crippen LogP contribution is -2.30. The molecule has 24 heteroatoms. The lowest BCUT2D eigenvalue weighted by Gasteiger charge is -2.16. The second kappa shape index (κ2) is 23.5. The number of halogens is 9. The highest BCUT2D eigenvalue weighted by Gasteiger charge is 2.32. The normalized spacial score (nSPS) is 11.9. The molecule has 2 heterocycles. The number of benzene rings is 6. The number of aromatic nitrogens is 4. The first-order valence-corrected chi connectivity index (χ1v) is 29.0. The van der Waals surface area contributed by atoms with Crippen LogP contribution in [0.25, 0.3) is 45.3 Å². The molecule has 0 fully saturated rings. The Bertz CT molecular complexity index is 3620. The number of imidazole rings is 2. The van der Waals surface area contributed by atoms with Gasteiger partial charge < -0.3 is 20.3 Å². The van der Waals surface area contributed by atoms with Crippen molar-refractivity contribution in [3.63, 3.8) is 0 Å². The van der Waals surface area contributed by atoms with Crippen LogP contribution in [0.1, 0.15) is 39.1 Å². The van der Waals surface area contributed by atoms with E-state index in [1.807, 2.05) is 6.07 Å². The summed E-state index contributed by atoms with van der Waals surface area (Å²) >= 11 is 55.6. The van der Waals surface area contributed by atoms with E-state index in [9.17, 15) is 27.0 Å². The maximum Gasteiger partial charge on any atom is 0.488 e. The first-order valence-electron chi connectivity index (χ1n) is 21.4. The van der Waals surface area contributed by atoms with Gasteiger partial charge in [-0.3, -0.25) is 9.13 Å². The molecule has 12 nitrogen and oxygen atoms in total. The summed E-state index contributed by atoms with van der Waals surface area (Å²) in [5, 5.41) is 41.3. The Labute approximate surface area is 477 Å². The van der Waals surface area contributed by atoms with Gasteiger partial charge in [0.1, 0.15) is 44.5 Å². The summed E-state index contributed by atoms with van der Waals surface area (Å²) in [6.45, 7) is 6.35. The number of aliphatic hydroxyl groups is 2. The van der Waals surface area contributed by atoms with Crippen molar-refractivity contribution < 1.29 is 37.1 Å². The fraction of sp³-hybridized carbons (Fsp3) is 0.160. The molecule has 74 heavy (non-hydrogen) atoms. The smallest absolute Gasteiger partial charge is 0.423 e. The summed E-state index contributed by atoms with van der Waals surface area (Å²) in [6, 6.07) is 33.0. The molecular formula is C50H42BBrCl8N4O8S2. The van der Waals surface area contributed by atoms with Crippen molar-refractivity contribution in [1.82, 2.24) is 19.1 Å². The number of hydrogen-bond donors (Lipinski definition) is 4. The highest BCUT2D eigenvalue weighted by atomic mass is 79.9. The van der Waals surface area contributed by atoms with Gasteiger partial charge in [0, 0.05) is 28.1 Å². The predicted octanol–water partition coefficient (Wildman–Crippen LogP) is 13.4. The van der Waals surface area contributed by atoms with E-state index in [2.05, 4.69) is 25.9 Å². The van der Waals surface area contributed by atoms with Gasteiger partial charge in [-0.2, -0.15) is 0 Å². The van der Waals surface area contributed by atoms with Crippen LogP contribution in [0.4, 0.5) is 0 Å². The molecule has 0 aliphatic carbocycles. The predicted molar refractivity (Wildman–Crippen MR) is 304 cm³/mol. The van der Waals surface area contributed by atoms with Crippen molar-refractivity contribution in [2.24, 2.45) is 0 Å². The molecule has 0 atom stereocenters. The van der Waals surface area contributed by atoms with Crippen molar-refractivity contribution in [2.45, 2.75) is 48.7 Å². The molecule has 0 unspecified atom stereocenters. The average Bonchev–Trinajstić information content (AvgIpc) is 3.82. The molecular weight excluding hydrogens is 1220 g/mol. The minimum absolute atomic E-state index is 0.0816. The zero-order valence-corrected chi connectivity index (χ0v) is 48.8. The van der Waals surface area contributed by atoms with Gasteiger partial charge in [-0.15, -0.1) is 0 Å².